The van der Waals surface area contributed by atoms with Gasteiger partial charge in [-0.15, -0.1) is 0 Å². The second-order valence-electron chi connectivity index (χ2n) is 7.92. The Balaban J connectivity index is 1.63. The van der Waals surface area contributed by atoms with Gasteiger partial charge in [0, 0.05) is 11.6 Å². The predicted molar refractivity (Wildman–Crippen MR) is 97.1 cm³/mol. The minimum absolute atomic E-state index is 0.120. The third-order valence-corrected chi connectivity index (χ3v) is 6.69. The summed E-state index contributed by atoms with van der Waals surface area (Å²) < 4.78 is 0. The minimum Gasteiger partial charge on any atom is -0.334 e. The average Bonchev–Trinajstić information content (AvgIpc) is 3.09. The van der Waals surface area contributed by atoms with Gasteiger partial charge in [0.25, 0.3) is 0 Å². The number of hydrogen-bond donors (Lipinski definition) is 1. The summed E-state index contributed by atoms with van der Waals surface area (Å²) in [5.74, 6) is 1.06. The molecule has 0 radical (unpaired) electrons. The van der Waals surface area contributed by atoms with Crippen LogP contribution in [0.25, 0.3) is 0 Å². The molecule has 1 atom stereocenters. The van der Waals surface area contributed by atoms with Crippen molar-refractivity contribution in [1.82, 2.24) is 10.2 Å². The van der Waals surface area contributed by atoms with E-state index < -0.39 is 0 Å². The van der Waals surface area contributed by atoms with Crippen molar-refractivity contribution in [2.24, 2.45) is 11.3 Å². The van der Waals surface area contributed by atoms with Crippen LogP contribution < -0.4 is 5.32 Å². The molecule has 4 heteroatoms. The molecular formula is C20H27ClN2O. The maximum atomic E-state index is 13.1. The summed E-state index contributed by atoms with van der Waals surface area (Å²) >= 11 is 6.17. The highest BCUT2D eigenvalue weighted by molar-refractivity contribution is 6.30. The average molecular weight is 347 g/mol. The molecule has 2 aliphatic heterocycles. The summed E-state index contributed by atoms with van der Waals surface area (Å²) in [6.45, 7) is 5.23. The lowest BCUT2D eigenvalue weighted by atomic mass is 9.65. The predicted octanol–water partition coefficient (Wildman–Crippen LogP) is 4.09. The molecule has 1 amide bonds. The third-order valence-electron chi connectivity index (χ3n) is 6.46. The van der Waals surface area contributed by atoms with Crippen molar-refractivity contribution in [1.29, 1.82) is 0 Å². The van der Waals surface area contributed by atoms with Crippen LogP contribution in [0.15, 0.2) is 18.2 Å². The van der Waals surface area contributed by atoms with Crippen LogP contribution in [-0.2, 0) is 4.79 Å². The summed E-state index contributed by atoms with van der Waals surface area (Å²) in [4.78, 5) is 15.3. The molecule has 1 saturated carbocycles. The number of rotatable bonds is 3. The van der Waals surface area contributed by atoms with Gasteiger partial charge in [0.15, 0.2) is 0 Å². The lowest BCUT2D eigenvalue weighted by Gasteiger charge is -2.56. The number of nitrogens with zero attached hydrogens (tertiary/aromatic N) is 1. The largest absolute Gasteiger partial charge is 0.334 e. The van der Waals surface area contributed by atoms with E-state index in [1.807, 2.05) is 12.1 Å². The van der Waals surface area contributed by atoms with E-state index in [4.69, 9.17) is 11.6 Å². The van der Waals surface area contributed by atoms with Crippen molar-refractivity contribution in [3.05, 3.63) is 34.3 Å². The number of benzene rings is 1. The molecule has 1 N–H and O–H groups in total. The van der Waals surface area contributed by atoms with Gasteiger partial charge in [-0.2, -0.15) is 0 Å². The van der Waals surface area contributed by atoms with E-state index in [-0.39, 0.29) is 11.5 Å². The minimum atomic E-state index is -0.120. The maximum Gasteiger partial charge on any atom is 0.231 e. The number of amides is 1. The van der Waals surface area contributed by atoms with Gasteiger partial charge in [-0.25, -0.2) is 0 Å². The van der Waals surface area contributed by atoms with Gasteiger partial charge in [-0.05, 0) is 74.9 Å². The first kappa shape index (κ1) is 16.4. The molecule has 3 fully saturated rings. The Kier molecular flexibility index (Phi) is 4.34. The molecule has 0 bridgehead atoms. The Morgan fingerprint density at radius 3 is 2.62 bits per heavy atom. The van der Waals surface area contributed by atoms with Crippen molar-refractivity contribution in [3.8, 4) is 0 Å². The number of β-lactam (4-membered cyclic amide) rings is 1. The van der Waals surface area contributed by atoms with Crippen LogP contribution in [0.2, 0.25) is 5.02 Å². The van der Waals surface area contributed by atoms with Gasteiger partial charge in [-0.3, -0.25) is 4.79 Å². The quantitative estimate of drug-likeness (QED) is 0.836. The molecule has 1 aromatic carbocycles. The fourth-order valence-electron chi connectivity index (χ4n) is 5.19. The van der Waals surface area contributed by atoms with Gasteiger partial charge in [0.1, 0.15) is 0 Å². The smallest absolute Gasteiger partial charge is 0.231 e. The standard InChI is InChI=1S/C20H27ClN2O/c1-14-12-16(21)4-5-17(14)18-20(8-2-3-9-20)19(24)23(18)13-15-6-10-22-11-7-15/h4-5,12,15,18,22H,2-3,6-11,13H2,1H3. The Morgan fingerprint density at radius 1 is 1.25 bits per heavy atom. The summed E-state index contributed by atoms with van der Waals surface area (Å²) in [6.07, 6.45) is 6.86. The Hall–Kier alpha value is -1.06. The first-order valence-electron chi connectivity index (χ1n) is 9.40. The molecule has 3 aliphatic rings. The molecule has 3 nitrogen and oxygen atoms in total. The number of carbonyl (C=O) groups is 1. The van der Waals surface area contributed by atoms with Crippen molar-refractivity contribution in [2.75, 3.05) is 19.6 Å². The molecule has 1 spiro atoms. The number of piperidine rings is 1. The van der Waals surface area contributed by atoms with Crippen LogP contribution in [0.5, 0.6) is 0 Å². The Labute approximate surface area is 149 Å². The zero-order chi connectivity index (χ0) is 16.7. The van der Waals surface area contributed by atoms with E-state index >= 15 is 0 Å². The van der Waals surface area contributed by atoms with Crippen molar-refractivity contribution < 1.29 is 4.79 Å². The molecule has 130 valence electrons. The first-order valence-corrected chi connectivity index (χ1v) is 9.77. The third kappa shape index (κ3) is 2.57. The van der Waals surface area contributed by atoms with Crippen LogP contribution in [0.1, 0.15) is 55.7 Å². The Bertz CT molecular complexity index is 633. The van der Waals surface area contributed by atoms with Crippen molar-refractivity contribution in [3.63, 3.8) is 0 Å². The highest BCUT2D eigenvalue weighted by Crippen LogP contribution is 2.59. The molecule has 2 heterocycles. The molecular weight excluding hydrogens is 320 g/mol. The molecule has 1 aliphatic carbocycles. The summed E-state index contributed by atoms with van der Waals surface area (Å²) in [5, 5.41) is 4.21. The van der Waals surface area contributed by atoms with Crippen molar-refractivity contribution in [2.45, 2.75) is 51.5 Å². The number of likely N-dealkylation sites (tertiary alicyclic amines) is 1. The number of aryl methyl sites for hydroxylation is 1. The topological polar surface area (TPSA) is 32.3 Å². The number of halogens is 1. The zero-order valence-electron chi connectivity index (χ0n) is 14.5. The second-order valence-corrected chi connectivity index (χ2v) is 8.35. The van der Waals surface area contributed by atoms with Crippen LogP contribution >= 0.6 is 11.6 Å². The van der Waals surface area contributed by atoms with E-state index in [0.717, 1.165) is 37.5 Å². The van der Waals surface area contributed by atoms with E-state index in [0.29, 0.717) is 11.8 Å². The molecule has 4 rings (SSSR count). The summed E-state index contributed by atoms with van der Waals surface area (Å²) in [5.41, 5.74) is 2.42. The number of carbonyl (C=O) groups excluding carboxylic acids is 1. The molecule has 2 saturated heterocycles. The summed E-state index contributed by atoms with van der Waals surface area (Å²) in [7, 11) is 0. The molecule has 24 heavy (non-hydrogen) atoms. The lowest BCUT2D eigenvalue weighted by Crippen LogP contribution is -2.63. The van der Waals surface area contributed by atoms with Gasteiger partial charge < -0.3 is 10.2 Å². The van der Waals surface area contributed by atoms with Crippen LogP contribution in [-0.4, -0.2) is 30.4 Å². The number of hydrogen-bond acceptors (Lipinski definition) is 2. The van der Waals surface area contributed by atoms with Crippen LogP contribution in [0.4, 0.5) is 0 Å². The van der Waals surface area contributed by atoms with E-state index in [1.165, 1.54) is 36.8 Å². The van der Waals surface area contributed by atoms with E-state index in [9.17, 15) is 4.79 Å². The van der Waals surface area contributed by atoms with Crippen LogP contribution in [0, 0.1) is 18.3 Å². The normalized spacial score (nSPS) is 26.8. The second kappa shape index (κ2) is 6.34. The monoisotopic (exact) mass is 346 g/mol. The lowest BCUT2D eigenvalue weighted by molar-refractivity contribution is -0.174. The van der Waals surface area contributed by atoms with Gasteiger partial charge in [-0.1, -0.05) is 30.5 Å². The maximum absolute atomic E-state index is 13.1. The van der Waals surface area contributed by atoms with E-state index in [1.54, 1.807) is 0 Å². The molecule has 0 aromatic heterocycles. The SMILES string of the molecule is Cc1cc(Cl)ccc1C1N(CC2CCNCC2)C(=O)C12CCCC2. The molecule has 1 unspecified atom stereocenters. The first-order chi connectivity index (χ1) is 11.6. The van der Waals surface area contributed by atoms with Crippen LogP contribution in [0.3, 0.4) is 0 Å². The summed E-state index contributed by atoms with van der Waals surface area (Å²) in [6, 6.07) is 6.45. The molecule has 1 aromatic rings. The van der Waals surface area contributed by atoms with Gasteiger partial charge in [0.2, 0.25) is 5.91 Å². The highest BCUT2D eigenvalue weighted by atomic mass is 35.5. The fourth-order valence-corrected chi connectivity index (χ4v) is 5.41. The van der Waals surface area contributed by atoms with Gasteiger partial charge in [0.05, 0.1) is 11.5 Å². The fraction of sp³-hybridized carbons (Fsp3) is 0.650. The Morgan fingerprint density at radius 2 is 1.96 bits per heavy atom. The number of nitrogens with one attached hydrogen (secondary N) is 1. The van der Waals surface area contributed by atoms with Crippen molar-refractivity contribution >= 4 is 17.5 Å². The van der Waals surface area contributed by atoms with Gasteiger partial charge >= 0.3 is 0 Å². The van der Waals surface area contributed by atoms with E-state index in [2.05, 4.69) is 23.2 Å². The highest BCUT2D eigenvalue weighted by Gasteiger charge is 2.61. The zero-order valence-corrected chi connectivity index (χ0v) is 15.2.